The first kappa shape index (κ1) is 10.1. The summed E-state index contributed by atoms with van der Waals surface area (Å²) in [6.45, 7) is 2.68. The molecule has 0 saturated carbocycles. The monoisotopic (exact) mass is 177 g/mol. The van der Waals surface area contributed by atoms with Crippen LogP contribution in [0.3, 0.4) is 0 Å². The lowest BCUT2D eigenvalue weighted by molar-refractivity contribution is 0.532. The van der Waals surface area contributed by atoms with Crippen molar-refractivity contribution in [2.24, 2.45) is 0 Å². The number of nitrogens with one attached hydrogen (secondary N) is 2. The van der Waals surface area contributed by atoms with Crippen LogP contribution in [0.2, 0.25) is 0 Å². The molecule has 2 N–H and O–H groups in total. The Morgan fingerprint density at radius 2 is 1.30 bits per heavy atom. The molecule has 0 heterocycles. The summed E-state index contributed by atoms with van der Waals surface area (Å²) in [4.78, 5) is 0. The highest BCUT2D eigenvalue weighted by molar-refractivity contribution is 8.34. The summed E-state index contributed by atoms with van der Waals surface area (Å²) >= 11 is 0. The van der Waals surface area contributed by atoms with Gasteiger partial charge in [0.2, 0.25) is 10.7 Å². The maximum atomic E-state index is 12.3. The molecule has 0 amide bonds. The second-order valence-corrected chi connectivity index (χ2v) is 3.79. The average molecular weight is 177 g/mol. The summed E-state index contributed by atoms with van der Waals surface area (Å²) in [6, 6.07) is 0. The van der Waals surface area contributed by atoms with Crippen LogP contribution in [-0.2, 0) is 0 Å². The molecule has 0 saturated heterocycles. The third-order valence-electron chi connectivity index (χ3n) is 0.760. The van der Waals surface area contributed by atoms with Crippen LogP contribution in [0.15, 0.2) is 0 Å². The highest BCUT2D eigenvalue weighted by atomic mass is 32.4. The van der Waals surface area contributed by atoms with Gasteiger partial charge in [-0.2, -0.15) is 0 Å². The number of rotatable bonds is 4. The molecule has 0 fully saturated rings. The summed E-state index contributed by atoms with van der Waals surface area (Å²) in [6.07, 6.45) is 0. The molecule has 1 radical (unpaired) electrons. The zero-order valence-electron chi connectivity index (χ0n) is 5.96. The first-order valence-electron chi connectivity index (χ1n) is 2.99. The minimum absolute atomic E-state index is 0.0850. The molecule has 0 aromatic rings. The minimum Gasteiger partial charge on any atom is -0.207 e. The maximum absolute atomic E-state index is 12.3. The van der Waals surface area contributed by atoms with Crippen LogP contribution < -0.4 is 9.44 Å². The Kier molecular flexibility index (Phi) is 3.00. The van der Waals surface area contributed by atoms with Gasteiger partial charge < -0.3 is 0 Å². The number of halogens is 3. The normalized spacial score (nSPS) is 16.3. The molecule has 0 aliphatic rings. The van der Waals surface area contributed by atoms with Gasteiger partial charge in [0, 0.05) is 13.1 Å². The van der Waals surface area contributed by atoms with E-state index in [0.29, 0.717) is 0 Å². The van der Waals surface area contributed by atoms with Crippen molar-refractivity contribution < 1.29 is 11.7 Å². The van der Waals surface area contributed by atoms with Crippen LogP contribution in [0.25, 0.3) is 0 Å². The standard InChI is InChI=1S/C4H12F3N2S/c1-3-8-10(5,6,7)9-4-2/h8-9H,3-4H2,1-2H3. The van der Waals surface area contributed by atoms with Gasteiger partial charge in [0.05, 0.1) is 0 Å². The van der Waals surface area contributed by atoms with Gasteiger partial charge >= 0.3 is 0 Å². The molecule has 0 aliphatic heterocycles. The molecule has 0 aromatic carbocycles. The van der Waals surface area contributed by atoms with Crippen LogP contribution >= 0.6 is 10.7 Å². The van der Waals surface area contributed by atoms with E-state index in [9.17, 15) is 11.7 Å². The van der Waals surface area contributed by atoms with Crippen molar-refractivity contribution in [1.82, 2.24) is 9.44 Å². The van der Waals surface area contributed by atoms with Crippen molar-refractivity contribution in [2.75, 3.05) is 13.1 Å². The molecule has 0 aromatic heterocycles. The first-order chi connectivity index (χ1) is 4.39. The Bertz CT molecular complexity index is 101. The van der Waals surface area contributed by atoms with Gasteiger partial charge in [0.1, 0.15) is 0 Å². The summed E-state index contributed by atoms with van der Waals surface area (Å²) in [7, 11) is -5.93. The zero-order valence-corrected chi connectivity index (χ0v) is 6.77. The number of hydrogen-bond donors (Lipinski definition) is 2. The van der Waals surface area contributed by atoms with E-state index >= 15 is 0 Å². The minimum atomic E-state index is -5.93. The van der Waals surface area contributed by atoms with E-state index in [-0.39, 0.29) is 13.1 Å². The fourth-order valence-corrected chi connectivity index (χ4v) is 1.57. The lowest BCUT2D eigenvalue weighted by atomic mass is 10.8. The zero-order chi connectivity index (χ0) is 8.28. The molecule has 65 valence electrons. The Balaban J connectivity index is 3.97. The second-order valence-electron chi connectivity index (χ2n) is 1.74. The molecule has 0 rings (SSSR count). The van der Waals surface area contributed by atoms with E-state index < -0.39 is 10.7 Å². The second kappa shape index (κ2) is 2.98. The van der Waals surface area contributed by atoms with Crippen LogP contribution in [-0.4, -0.2) is 13.1 Å². The van der Waals surface area contributed by atoms with Crippen molar-refractivity contribution >= 4 is 10.7 Å². The first-order valence-corrected chi connectivity index (χ1v) is 4.73. The maximum Gasteiger partial charge on any atom is 0.229 e. The van der Waals surface area contributed by atoms with Crippen molar-refractivity contribution in [1.29, 1.82) is 0 Å². The third-order valence-corrected chi connectivity index (χ3v) is 2.28. The van der Waals surface area contributed by atoms with Gasteiger partial charge in [-0.15, -0.1) is 11.7 Å². The fraction of sp³-hybridized carbons (Fsp3) is 1.00. The molecule has 0 unspecified atom stereocenters. The third kappa shape index (κ3) is 3.97. The molecule has 2 nitrogen and oxygen atoms in total. The van der Waals surface area contributed by atoms with Gasteiger partial charge in [-0.25, -0.2) is 9.44 Å². The molecular formula is C4H12F3N2S. The molecule has 0 spiro atoms. The van der Waals surface area contributed by atoms with E-state index in [1.54, 1.807) is 0 Å². The Labute approximate surface area is 59.6 Å². The molecule has 0 aliphatic carbocycles. The van der Waals surface area contributed by atoms with Gasteiger partial charge in [-0.1, -0.05) is 13.8 Å². The molecular weight excluding hydrogens is 165 g/mol. The van der Waals surface area contributed by atoms with Crippen molar-refractivity contribution in [3.8, 4) is 0 Å². The molecule has 6 heteroatoms. The largest absolute Gasteiger partial charge is 0.229 e. The van der Waals surface area contributed by atoms with Crippen molar-refractivity contribution in [2.45, 2.75) is 13.8 Å². The lowest BCUT2D eigenvalue weighted by Gasteiger charge is -2.35. The smallest absolute Gasteiger partial charge is 0.207 e. The van der Waals surface area contributed by atoms with E-state index in [0.717, 1.165) is 0 Å². The fourth-order valence-electron chi connectivity index (χ4n) is 0.523. The van der Waals surface area contributed by atoms with Crippen LogP contribution in [0.1, 0.15) is 13.8 Å². The summed E-state index contributed by atoms with van der Waals surface area (Å²) in [5.41, 5.74) is 0. The lowest BCUT2D eigenvalue weighted by Crippen LogP contribution is -2.34. The predicted octanol–water partition coefficient (Wildman–Crippen LogP) is 2.03. The predicted molar refractivity (Wildman–Crippen MR) is 38.3 cm³/mol. The van der Waals surface area contributed by atoms with Crippen LogP contribution in [0.5, 0.6) is 0 Å². The summed E-state index contributed by atoms with van der Waals surface area (Å²) in [5.74, 6) is 0. The SMILES string of the molecule is CCN[S](F)(F)(F)NCC. The van der Waals surface area contributed by atoms with Gasteiger partial charge in [-0.3, -0.25) is 0 Å². The number of hydrogen-bond acceptors (Lipinski definition) is 2. The Morgan fingerprint density at radius 1 is 1.00 bits per heavy atom. The van der Waals surface area contributed by atoms with Crippen molar-refractivity contribution in [3.05, 3.63) is 0 Å². The molecule has 0 bridgehead atoms. The van der Waals surface area contributed by atoms with Gasteiger partial charge in [0.25, 0.3) is 0 Å². The Morgan fingerprint density at radius 3 is 1.50 bits per heavy atom. The van der Waals surface area contributed by atoms with Crippen LogP contribution in [0, 0.1) is 0 Å². The highest BCUT2D eigenvalue weighted by Crippen LogP contribution is 2.66. The van der Waals surface area contributed by atoms with Gasteiger partial charge in [-0.05, 0) is 0 Å². The highest BCUT2D eigenvalue weighted by Gasteiger charge is 2.39. The Hall–Kier alpha value is 0.0600. The van der Waals surface area contributed by atoms with E-state index in [1.807, 2.05) is 0 Å². The quantitative estimate of drug-likeness (QED) is 0.686. The molecule has 10 heavy (non-hydrogen) atoms. The summed E-state index contributed by atoms with van der Waals surface area (Å²) in [5, 5.41) is 0. The molecule has 0 atom stereocenters. The van der Waals surface area contributed by atoms with E-state index in [1.165, 1.54) is 23.3 Å². The van der Waals surface area contributed by atoms with E-state index in [4.69, 9.17) is 0 Å². The summed E-state index contributed by atoms with van der Waals surface area (Å²) < 4.78 is 40.0. The topological polar surface area (TPSA) is 24.1 Å². The van der Waals surface area contributed by atoms with Gasteiger partial charge in [0.15, 0.2) is 0 Å². The van der Waals surface area contributed by atoms with Crippen molar-refractivity contribution in [3.63, 3.8) is 0 Å². The average Bonchev–Trinajstić information content (AvgIpc) is 1.61. The van der Waals surface area contributed by atoms with Crippen LogP contribution in [0.4, 0.5) is 11.7 Å². The van der Waals surface area contributed by atoms with E-state index in [2.05, 4.69) is 0 Å².